The summed E-state index contributed by atoms with van der Waals surface area (Å²) in [5.74, 6) is 0.524. The molecule has 2 fully saturated rings. The monoisotopic (exact) mass is 595 g/mol. The molecule has 1 aromatic heterocycles. The maximum absolute atomic E-state index is 13.4. The zero-order valence-electron chi connectivity index (χ0n) is 25.7. The minimum Gasteiger partial charge on any atom is -0.335 e. The Kier molecular flexibility index (Phi) is 9.02. The van der Waals surface area contributed by atoms with Crippen LogP contribution in [0.25, 0.3) is 22.5 Å². The van der Waals surface area contributed by atoms with Gasteiger partial charge in [-0.15, -0.1) is 5.10 Å². The van der Waals surface area contributed by atoms with E-state index in [2.05, 4.69) is 62.2 Å². The summed E-state index contributed by atoms with van der Waals surface area (Å²) in [6.45, 7) is 5.15. The fraction of sp³-hybridized carbons (Fsp3) is 0.429. The number of anilines is 1. The van der Waals surface area contributed by atoms with Crippen LogP contribution in [0.5, 0.6) is 0 Å². The Morgan fingerprint density at radius 2 is 1.80 bits per heavy atom. The first kappa shape index (κ1) is 29.9. The van der Waals surface area contributed by atoms with Gasteiger partial charge in [-0.2, -0.15) is 0 Å². The zero-order chi connectivity index (χ0) is 30.5. The molecule has 1 saturated heterocycles. The summed E-state index contributed by atoms with van der Waals surface area (Å²) in [7, 11) is 1.84. The number of hydrogen-bond donors (Lipinski definition) is 2. The number of hydrogen-bond acceptors (Lipinski definition) is 5. The van der Waals surface area contributed by atoms with Gasteiger partial charge in [-0.3, -0.25) is 0 Å². The molecular formula is C35H42FN7O. The first-order chi connectivity index (χ1) is 21.4. The average Bonchev–Trinajstić information content (AvgIpc) is 3.48. The van der Waals surface area contributed by atoms with Crippen LogP contribution in [0.15, 0.2) is 66.7 Å². The predicted octanol–water partition coefficient (Wildman–Crippen LogP) is 6.63. The van der Waals surface area contributed by atoms with E-state index in [0.717, 1.165) is 92.5 Å². The molecule has 2 amide bonds. The summed E-state index contributed by atoms with van der Waals surface area (Å²) in [6.07, 6.45) is 8.54. The van der Waals surface area contributed by atoms with Gasteiger partial charge in [-0.25, -0.2) is 13.9 Å². The summed E-state index contributed by atoms with van der Waals surface area (Å²) in [5, 5.41) is 18.5. The van der Waals surface area contributed by atoms with Crippen LogP contribution in [0.2, 0.25) is 0 Å². The molecule has 6 rings (SSSR count). The molecule has 44 heavy (non-hydrogen) atoms. The van der Waals surface area contributed by atoms with Crippen molar-refractivity contribution in [3.8, 4) is 22.5 Å². The molecule has 2 atom stereocenters. The number of aromatic nitrogens is 4. The van der Waals surface area contributed by atoms with Gasteiger partial charge >= 0.3 is 6.03 Å². The largest absolute Gasteiger partial charge is 0.335 e. The minimum atomic E-state index is -0.192. The van der Waals surface area contributed by atoms with Crippen LogP contribution in [0.3, 0.4) is 0 Å². The highest BCUT2D eigenvalue weighted by atomic mass is 19.1. The zero-order valence-corrected chi connectivity index (χ0v) is 25.7. The summed E-state index contributed by atoms with van der Waals surface area (Å²) in [6, 6.07) is 21.3. The molecule has 0 bridgehead atoms. The predicted molar refractivity (Wildman–Crippen MR) is 172 cm³/mol. The van der Waals surface area contributed by atoms with Crippen LogP contribution < -0.4 is 10.6 Å². The Morgan fingerprint density at radius 1 is 0.977 bits per heavy atom. The molecule has 1 saturated carbocycles. The van der Waals surface area contributed by atoms with E-state index in [-0.39, 0.29) is 23.3 Å². The first-order valence-corrected chi connectivity index (χ1v) is 15.9. The number of halogens is 1. The van der Waals surface area contributed by atoms with Crippen molar-refractivity contribution in [2.24, 2.45) is 12.5 Å². The van der Waals surface area contributed by atoms with E-state index in [0.29, 0.717) is 5.82 Å². The number of aryl methyl sites for hydroxylation is 2. The Balaban J connectivity index is 1.13. The van der Waals surface area contributed by atoms with Crippen LogP contribution in [0.1, 0.15) is 56.6 Å². The van der Waals surface area contributed by atoms with E-state index in [1.807, 2.05) is 37.4 Å². The number of nitrogens with zero attached hydrogens (tertiary/aromatic N) is 5. The quantitative estimate of drug-likeness (QED) is 0.239. The van der Waals surface area contributed by atoms with Gasteiger partial charge < -0.3 is 15.5 Å². The number of tetrazole rings is 1. The van der Waals surface area contributed by atoms with Crippen LogP contribution in [-0.4, -0.2) is 56.8 Å². The third-order valence-corrected chi connectivity index (χ3v) is 9.51. The molecule has 2 heterocycles. The molecule has 8 nitrogen and oxygen atoms in total. The van der Waals surface area contributed by atoms with Gasteiger partial charge in [0, 0.05) is 42.8 Å². The number of benzene rings is 3. The molecular weight excluding hydrogens is 553 g/mol. The van der Waals surface area contributed by atoms with Crippen molar-refractivity contribution >= 4 is 11.7 Å². The number of urea groups is 1. The molecule has 2 N–H and O–H groups in total. The van der Waals surface area contributed by atoms with E-state index in [4.69, 9.17) is 0 Å². The van der Waals surface area contributed by atoms with E-state index >= 15 is 0 Å². The molecule has 2 unspecified atom stereocenters. The van der Waals surface area contributed by atoms with Crippen LogP contribution in [0.4, 0.5) is 14.9 Å². The van der Waals surface area contributed by atoms with Crippen molar-refractivity contribution in [3.63, 3.8) is 0 Å². The number of carbonyl (C=O) groups is 1. The summed E-state index contributed by atoms with van der Waals surface area (Å²) in [4.78, 5) is 16.0. The highest BCUT2D eigenvalue weighted by molar-refractivity contribution is 5.90. The van der Waals surface area contributed by atoms with Crippen molar-refractivity contribution in [3.05, 3.63) is 83.7 Å². The highest BCUT2D eigenvalue weighted by Crippen LogP contribution is 2.43. The minimum absolute atomic E-state index is 0.0875. The lowest BCUT2D eigenvalue weighted by molar-refractivity contribution is 0.0276. The number of rotatable bonds is 8. The SMILES string of the molecule is CCc1cc(-c2cccc(NC(=O)NC3CCCCC34CCCN(CCc3ccc(F)cc3)C4)c2)cc(-c2nnnn2C)c1. The van der Waals surface area contributed by atoms with E-state index in [1.165, 1.54) is 12.0 Å². The lowest BCUT2D eigenvalue weighted by Gasteiger charge is -2.50. The Morgan fingerprint density at radius 3 is 2.59 bits per heavy atom. The molecule has 2 aliphatic rings. The van der Waals surface area contributed by atoms with E-state index in [1.54, 1.807) is 16.8 Å². The first-order valence-electron chi connectivity index (χ1n) is 15.9. The Hall–Kier alpha value is -4.11. The fourth-order valence-corrected chi connectivity index (χ4v) is 7.17. The van der Waals surface area contributed by atoms with E-state index < -0.39 is 0 Å². The van der Waals surface area contributed by atoms with Crippen molar-refractivity contribution in [2.45, 2.75) is 64.3 Å². The molecule has 3 aromatic carbocycles. The maximum atomic E-state index is 13.4. The number of amides is 2. The maximum Gasteiger partial charge on any atom is 0.319 e. The van der Waals surface area contributed by atoms with Crippen molar-refractivity contribution < 1.29 is 9.18 Å². The van der Waals surface area contributed by atoms with Gasteiger partial charge in [-0.1, -0.05) is 50.1 Å². The second-order valence-electron chi connectivity index (χ2n) is 12.5. The standard InChI is InChI=1S/C35H42FN7O/c1-3-25-20-28(22-29(21-25)33-39-40-41-42(33)2)27-8-6-9-31(23-27)37-34(44)38-32-10-4-5-16-35(32)17-7-18-43(24-35)19-15-26-11-13-30(36)14-12-26/h6,8-9,11-14,20-23,32H,3-5,7,10,15-19,24H2,1-2H3,(H2,37,38,44). The highest BCUT2D eigenvalue weighted by Gasteiger charge is 2.44. The third kappa shape index (κ3) is 6.83. The van der Waals surface area contributed by atoms with E-state index in [9.17, 15) is 9.18 Å². The second-order valence-corrected chi connectivity index (χ2v) is 12.5. The molecule has 0 radical (unpaired) electrons. The van der Waals surface area contributed by atoms with Gasteiger partial charge in [-0.05, 0) is 114 Å². The fourth-order valence-electron chi connectivity index (χ4n) is 7.17. The van der Waals surface area contributed by atoms with Gasteiger partial charge in [0.1, 0.15) is 5.82 Å². The summed E-state index contributed by atoms with van der Waals surface area (Å²) >= 11 is 0. The van der Waals surface area contributed by atoms with Crippen molar-refractivity contribution in [1.29, 1.82) is 0 Å². The number of carbonyl (C=O) groups excluding carboxylic acids is 1. The van der Waals surface area contributed by atoms with Gasteiger partial charge in [0.15, 0.2) is 5.82 Å². The molecule has 1 aliphatic carbocycles. The normalized spacial score (nSPS) is 20.5. The molecule has 9 heteroatoms. The third-order valence-electron chi connectivity index (χ3n) is 9.51. The van der Waals surface area contributed by atoms with Crippen LogP contribution in [0, 0.1) is 11.2 Å². The molecule has 230 valence electrons. The van der Waals surface area contributed by atoms with Gasteiger partial charge in [0.25, 0.3) is 0 Å². The molecule has 1 spiro atoms. The van der Waals surface area contributed by atoms with Crippen molar-refractivity contribution in [1.82, 2.24) is 30.4 Å². The second kappa shape index (κ2) is 13.3. The Bertz CT molecular complexity index is 1580. The van der Waals surface area contributed by atoms with Crippen LogP contribution in [-0.2, 0) is 19.9 Å². The van der Waals surface area contributed by atoms with Gasteiger partial charge in [0.05, 0.1) is 0 Å². The van der Waals surface area contributed by atoms with Crippen LogP contribution >= 0.6 is 0 Å². The topological polar surface area (TPSA) is 88.0 Å². The summed E-state index contributed by atoms with van der Waals surface area (Å²) < 4.78 is 15.0. The number of nitrogens with one attached hydrogen (secondary N) is 2. The van der Waals surface area contributed by atoms with Crippen molar-refractivity contribution in [2.75, 3.05) is 25.0 Å². The average molecular weight is 596 g/mol. The lowest BCUT2D eigenvalue weighted by atomic mass is 9.65. The van der Waals surface area contributed by atoms with Gasteiger partial charge in [0.2, 0.25) is 0 Å². The molecule has 1 aliphatic heterocycles. The molecule has 4 aromatic rings. The number of likely N-dealkylation sites (tertiary alicyclic amines) is 1. The Labute approximate surface area is 259 Å². The number of piperidine rings is 1. The smallest absolute Gasteiger partial charge is 0.319 e. The lowest BCUT2D eigenvalue weighted by Crippen LogP contribution is -2.57. The summed E-state index contributed by atoms with van der Waals surface area (Å²) in [5.41, 5.74) is 6.24.